The van der Waals surface area contributed by atoms with Crippen LogP contribution in [0.2, 0.25) is 5.02 Å². The van der Waals surface area contributed by atoms with Crippen molar-refractivity contribution in [3.63, 3.8) is 0 Å². The Morgan fingerprint density at radius 2 is 1.86 bits per heavy atom. The summed E-state index contributed by atoms with van der Waals surface area (Å²) in [6, 6.07) is 15.4. The summed E-state index contributed by atoms with van der Waals surface area (Å²) in [6.45, 7) is 0.183. The molecule has 7 nitrogen and oxygen atoms in total. The van der Waals surface area contributed by atoms with Crippen molar-refractivity contribution in [1.82, 2.24) is 19.1 Å². The second-order valence-electron chi connectivity index (χ2n) is 6.66. The average molecular weight is 419 g/mol. The lowest BCUT2D eigenvalue weighted by molar-refractivity contribution is 0.550. The number of hydrogen-bond acceptors (Lipinski definition) is 4. The van der Waals surface area contributed by atoms with Crippen molar-refractivity contribution < 1.29 is 8.42 Å². The summed E-state index contributed by atoms with van der Waals surface area (Å²) in [7, 11) is -3.71. The Balaban J connectivity index is 1.54. The third-order valence-electron chi connectivity index (χ3n) is 4.54. The maximum atomic E-state index is 12.9. The summed E-state index contributed by atoms with van der Waals surface area (Å²) in [5.74, 6) is 1.01. The fraction of sp³-hybridized carbons (Fsp3) is 0.263. The van der Waals surface area contributed by atoms with E-state index in [1.165, 1.54) is 16.8 Å². The highest BCUT2D eigenvalue weighted by atomic mass is 35.5. The largest absolute Gasteiger partial charge is 0.350 e. The van der Waals surface area contributed by atoms with Crippen LogP contribution in [-0.2, 0) is 16.6 Å². The highest BCUT2D eigenvalue weighted by Crippen LogP contribution is 2.39. The normalized spacial score (nSPS) is 14.3. The quantitative estimate of drug-likeness (QED) is 0.638. The van der Waals surface area contributed by atoms with Gasteiger partial charge in [0.2, 0.25) is 10.0 Å². The molecule has 0 bridgehead atoms. The molecule has 3 aromatic rings. The van der Waals surface area contributed by atoms with Gasteiger partial charge in [-0.3, -0.25) is 0 Å². The van der Waals surface area contributed by atoms with E-state index in [4.69, 9.17) is 11.6 Å². The lowest BCUT2D eigenvalue weighted by atomic mass is 10.3. The summed E-state index contributed by atoms with van der Waals surface area (Å²) in [4.78, 5) is 12.9. The fourth-order valence-corrected chi connectivity index (χ4v) is 4.32. The highest BCUT2D eigenvalue weighted by molar-refractivity contribution is 7.89. The van der Waals surface area contributed by atoms with Crippen LogP contribution in [0.1, 0.15) is 24.6 Å². The number of hydrogen-bond donors (Lipinski definition) is 1. The Hall–Kier alpha value is -2.42. The molecule has 0 radical (unpaired) electrons. The molecule has 146 valence electrons. The van der Waals surface area contributed by atoms with E-state index in [9.17, 15) is 13.2 Å². The number of nitrogens with one attached hydrogen (secondary N) is 1. The standard InChI is InChI=1S/C19H19ClN4O3S/c20-15-5-4-8-17(13-15)28(26,27)21-11-12-23-19(25)24(16-6-2-1-3-7-16)18(22-23)14-9-10-14/h1-8,13-14,21H,9-12H2. The molecule has 1 N–H and O–H groups in total. The monoisotopic (exact) mass is 418 g/mol. The van der Waals surface area contributed by atoms with Crippen molar-refractivity contribution in [3.05, 3.63) is 75.9 Å². The van der Waals surface area contributed by atoms with Gasteiger partial charge in [0.1, 0.15) is 5.82 Å². The molecule has 1 aliphatic carbocycles. The Kier molecular flexibility index (Phi) is 5.09. The number of sulfonamides is 1. The Morgan fingerprint density at radius 3 is 2.54 bits per heavy atom. The Morgan fingerprint density at radius 1 is 1.11 bits per heavy atom. The predicted molar refractivity (Wildman–Crippen MR) is 106 cm³/mol. The zero-order chi connectivity index (χ0) is 19.7. The van der Waals surface area contributed by atoms with Crippen molar-refractivity contribution in [3.8, 4) is 5.69 Å². The van der Waals surface area contributed by atoms with Crippen LogP contribution < -0.4 is 10.4 Å². The van der Waals surface area contributed by atoms with E-state index in [1.807, 2.05) is 30.3 Å². The number of rotatable bonds is 7. The van der Waals surface area contributed by atoms with Crippen molar-refractivity contribution in [1.29, 1.82) is 0 Å². The SMILES string of the molecule is O=c1n(CCNS(=O)(=O)c2cccc(Cl)c2)nc(C2CC2)n1-c1ccccc1. The first kappa shape index (κ1) is 18.9. The van der Waals surface area contributed by atoms with Crippen LogP contribution in [0, 0.1) is 0 Å². The van der Waals surface area contributed by atoms with E-state index in [1.54, 1.807) is 16.7 Å². The fourth-order valence-electron chi connectivity index (χ4n) is 3.00. The Labute approximate surface area is 167 Å². The van der Waals surface area contributed by atoms with Crippen molar-refractivity contribution in [2.24, 2.45) is 0 Å². The van der Waals surface area contributed by atoms with Crippen LogP contribution in [0.25, 0.3) is 5.69 Å². The summed E-state index contributed by atoms with van der Waals surface area (Å²) in [6.07, 6.45) is 2.01. The van der Waals surface area contributed by atoms with E-state index in [0.29, 0.717) is 5.02 Å². The van der Waals surface area contributed by atoms with E-state index >= 15 is 0 Å². The minimum absolute atomic E-state index is 0.0463. The number of benzene rings is 2. The van der Waals surface area contributed by atoms with Gasteiger partial charge in [-0.15, -0.1) is 0 Å². The van der Waals surface area contributed by atoms with Gasteiger partial charge in [0.05, 0.1) is 17.1 Å². The second-order valence-corrected chi connectivity index (χ2v) is 8.87. The molecular weight excluding hydrogens is 400 g/mol. The third-order valence-corrected chi connectivity index (χ3v) is 6.24. The Bertz CT molecular complexity index is 1150. The van der Waals surface area contributed by atoms with Gasteiger partial charge in [0.25, 0.3) is 0 Å². The molecule has 28 heavy (non-hydrogen) atoms. The maximum Gasteiger partial charge on any atom is 0.350 e. The first-order valence-corrected chi connectivity index (χ1v) is 10.8. The van der Waals surface area contributed by atoms with E-state index in [-0.39, 0.29) is 29.6 Å². The molecule has 1 fully saturated rings. The molecule has 9 heteroatoms. The number of nitrogens with zero attached hydrogens (tertiary/aromatic N) is 3. The summed E-state index contributed by atoms with van der Waals surface area (Å²) >= 11 is 5.87. The molecule has 0 atom stereocenters. The van der Waals surface area contributed by atoms with E-state index in [2.05, 4.69) is 9.82 Å². The molecule has 0 aliphatic heterocycles. The summed E-state index contributed by atoms with van der Waals surface area (Å²) in [5, 5.41) is 4.81. The first-order valence-electron chi connectivity index (χ1n) is 8.96. The molecule has 1 heterocycles. The zero-order valence-corrected chi connectivity index (χ0v) is 16.5. The van der Waals surface area contributed by atoms with E-state index in [0.717, 1.165) is 24.4 Å². The van der Waals surface area contributed by atoms with Gasteiger partial charge in [0.15, 0.2) is 0 Å². The third kappa shape index (κ3) is 3.89. The average Bonchev–Trinajstić information content (AvgIpc) is 3.47. The molecule has 0 spiro atoms. The van der Waals surface area contributed by atoms with Gasteiger partial charge in [-0.1, -0.05) is 35.9 Å². The molecule has 0 unspecified atom stereocenters. The first-order chi connectivity index (χ1) is 13.5. The van der Waals surface area contributed by atoms with E-state index < -0.39 is 10.0 Å². The zero-order valence-electron chi connectivity index (χ0n) is 15.0. The number of aromatic nitrogens is 3. The molecule has 2 aromatic carbocycles. The van der Waals surface area contributed by atoms with Gasteiger partial charge in [-0.05, 0) is 43.2 Å². The van der Waals surface area contributed by atoms with Gasteiger partial charge in [0, 0.05) is 17.5 Å². The lowest BCUT2D eigenvalue weighted by Crippen LogP contribution is -2.32. The van der Waals surface area contributed by atoms with Gasteiger partial charge in [-0.2, -0.15) is 5.10 Å². The van der Waals surface area contributed by atoms with Gasteiger partial charge in [-0.25, -0.2) is 27.2 Å². The lowest BCUT2D eigenvalue weighted by Gasteiger charge is -2.06. The molecule has 1 aliphatic rings. The van der Waals surface area contributed by atoms with Crippen molar-refractivity contribution >= 4 is 21.6 Å². The van der Waals surface area contributed by atoms with Crippen LogP contribution in [0.3, 0.4) is 0 Å². The summed E-state index contributed by atoms with van der Waals surface area (Å²) in [5.41, 5.74) is 0.496. The van der Waals surface area contributed by atoms with Gasteiger partial charge >= 0.3 is 5.69 Å². The second kappa shape index (κ2) is 7.54. The molecular formula is C19H19ClN4O3S. The minimum Gasteiger partial charge on any atom is -0.247 e. The highest BCUT2D eigenvalue weighted by Gasteiger charge is 2.31. The topological polar surface area (TPSA) is 86.0 Å². The molecule has 1 aromatic heterocycles. The number of para-hydroxylation sites is 1. The van der Waals surface area contributed by atoms with Crippen LogP contribution in [0.5, 0.6) is 0 Å². The number of halogens is 1. The molecule has 4 rings (SSSR count). The van der Waals surface area contributed by atoms with Crippen molar-refractivity contribution in [2.45, 2.75) is 30.2 Å². The maximum absolute atomic E-state index is 12.9. The minimum atomic E-state index is -3.71. The van der Waals surface area contributed by atoms with Gasteiger partial charge < -0.3 is 0 Å². The molecule has 0 saturated heterocycles. The smallest absolute Gasteiger partial charge is 0.247 e. The van der Waals surface area contributed by atoms with Crippen LogP contribution in [-0.4, -0.2) is 29.3 Å². The van der Waals surface area contributed by atoms with Crippen LogP contribution >= 0.6 is 11.6 Å². The summed E-state index contributed by atoms with van der Waals surface area (Å²) < 4.78 is 30.2. The molecule has 0 amide bonds. The van der Waals surface area contributed by atoms with Crippen LogP contribution in [0.4, 0.5) is 0 Å². The van der Waals surface area contributed by atoms with Crippen LogP contribution in [0.15, 0.2) is 64.3 Å². The van der Waals surface area contributed by atoms with Crippen molar-refractivity contribution in [2.75, 3.05) is 6.54 Å². The predicted octanol–water partition coefficient (Wildman–Crippen LogP) is 2.54. The molecule has 1 saturated carbocycles.